The van der Waals surface area contributed by atoms with Crippen LogP contribution in [-0.2, 0) is 6.42 Å². The number of hydrogen-bond donors (Lipinski definition) is 0. The van der Waals surface area contributed by atoms with Crippen LogP contribution in [0.5, 0.6) is 0 Å². The van der Waals surface area contributed by atoms with E-state index in [9.17, 15) is 4.39 Å². The van der Waals surface area contributed by atoms with Crippen molar-refractivity contribution >= 4 is 38.6 Å². The Morgan fingerprint density at radius 1 is 1.38 bits per heavy atom. The molecule has 0 bridgehead atoms. The Kier molecular flexibility index (Phi) is 5.67. The Morgan fingerprint density at radius 3 is 2.71 bits per heavy atom. The van der Waals surface area contributed by atoms with Crippen LogP contribution in [0.3, 0.4) is 0 Å². The summed E-state index contributed by atoms with van der Waals surface area (Å²) in [7, 11) is 0. The molecule has 0 aliphatic carbocycles. The average Bonchev–Trinajstić information content (AvgIpc) is 2.76. The Labute approximate surface area is 138 Å². The van der Waals surface area contributed by atoms with Crippen LogP contribution < -0.4 is 0 Å². The minimum atomic E-state index is -0.279. The zero-order chi connectivity index (χ0) is 15.6. The van der Waals surface area contributed by atoms with E-state index in [0.29, 0.717) is 34.2 Å². The summed E-state index contributed by atoms with van der Waals surface area (Å²) in [6.07, 6.45) is 2.92. The standard InChI is InChI=1S/C16H21BrClFN2/c1-4-10(2)7-11(3)21-15-8-12(17)13(19)9-14(15)20-16(21)5-6-18/h8-11H,4-7H2,1-3H3. The Hall–Kier alpha value is -0.610. The summed E-state index contributed by atoms with van der Waals surface area (Å²) < 4.78 is 16.4. The molecular formula is C16H21BrClFN2. The van der Waals surface area contributed by atoms with Gasteiger partial charge in [0.15, 0.2) is 0 Å². The number of alkyl halides is 1. The number of rotatable bonds is 6. The molecule has 2 aromatic rings. The quantitative estimate of drug-likeness (QED) is 0.591. The molecule has 2 atom stereocenters. The van der Waals surface area contributed by atoms with Gasteiger partial charge in [-0.1, -0.05) is 20.3 Å². The zero-order valence-corrected chi connectivity index (χ0v) is 15.0. The molecule has 1 heterocycles. The van der Waals surface area contributed by atoms with E-state index < -0.39 is 0 Å². The van der Waals surface area contributed by atoms with Gasteiger partial charge >= 0.3 is 0 Å². The number of halogens is 3. The van der Waals surface area contributed by atoms with Crippen LogP contribution in [0.2, 0.25) is 0 Å². The van der Waals surface area contributed by atoms with Crippen LogP contribution >= 0.6 is 27.5 Å². The Morgan fingerprint density at radius 2 is 2.10 bits per heavy atom. The Balaban J connectivity index is 2.52. The molecule has 0 saturated carbocycles. The van der Waals surface area contributed by atoms with Gasteiger partial charge in [-0.05, 0) is 41.3 Å². The van der Waals surface area contributed by atoms with Gasteiger partial charge in [0.25, 0.3) is 0 Å². The van der Waals surface area contributed by atoms with Crippen molar-refractivity contribution in [3.8, 4) is 0 Å². The lowest BCUT2D eigenvalue weighted by Gasteiger charge is -2.20. The largest absolute Gasteiger partial charge is 0.325 e. The van der Waals surface area contributed by atoms with Crippen molar-refractivity contribution in [2.24, 2.45) is 5.92 Å². The number of hydrogen-bond acceptors (Lipinski definition) is 1. The van der Waals surface area contributed by atoms with E-state index in [1.54, 1.807) is 0 Å². The van der Waals surface area contributed by atoms with Crippen LogP contribution in [0.4, 0.5) is 4.39 Å². The second-order valence-corrected chi connectivity index (χ2v) is 6.92. The van der Waals surface area contributed by atoms with Crippen molar-refractivity contribution in [2.75, 3.05) is 5.88 Å². The summed E-state index contributed by atoms with van der Waals surface area (Å²) in [5.74, 6) is 1.82. The highest BCUT2D eigenvalue weighted by Crippen LogP contribution is 2.30. The fraction of sp³-hybridized carbons (Fsp3) is 0.562. The fourth-order valence-corrected chi connectivity index (χ4v) is 3.25. The third kappa shape index (κ3) is 3.59. The molecule has 2 nitrogen and oxygen atoms in total. The predicted octanol–water partition coefficient (Wildman–Crippen LogP) is 5.72. The molecule has 0 aliphatic rings. The van der Waals surface area contributed by atoms with E-state index in [0.717, 1.165) is 24.2 Å². The van der Waals surface area contributed by atoms with Crippen molar-refractivity contribution in [1.29, 1.82) is 0 Å². The highest BCUT2D eigenvalue weighted by Gasteiger charge is 2.18. The Bertz CT molecular complexity index is 626. The first-order valence-corrected chi connectivity index (χ1v) is 8.72. The van der Waals surface area contributed by atoms with Crippen LogP contribution in [0.25, 0.3) is 11.0 Å². The number of aryl methyl sites for hydroxylation is 1. The van der Waals surface area contributed by atoms with Crippen LogP contribution in [0, 0.1) is 11.7 Å². The SMILES string of the molecule is CCC(C)CC(C)n1c(CCCl)nc2cc(F)c(Br)cc21. The summed E-state index contributed by atoms with van der Waals surface area (Å²) in [6.45, 7) is 6.66. The maximum atomic E-state index is 13.7. The minimum Gasteiger partial charge on any atom is -0.325 e. The molecule has 1 aromatic heterocycles. The van der Waals surface area contributed by atoms with Gasteiger partial charge in [0.05, 0.1) is 15.5 Å². The number of nitrogens with zero attached hydrogens (tertiary/aromatic N) is 2. The first-order valence-electron chi connectivity index (χ1n) is 7.39. The van der Waals surface area contributed by atoms with Gasteiger partial charge in [0, 0.05) is 24.4 Å². The minimum absolute atomic E-state index is 0.279. The molecule has 0 radical (unpaired) electrons. The zero-order valence-electron chi connectivity index (χ0n) is 12.7. The summed E-state index contributed by atoms with van der Waals surface area (Å²) in [5.41, 5.74) is 1.67. The summed E-state index contributed by atoms with van der Waals surface area (Å²) in [5, 5.41) is 0. The van der Waals surface area contributed by atoms with Gasteiger partial charge in [-0.2, -0.15) is 0 Å². The van der Waals surface area contributed by atoms with Crippen molar-refractivity contribution in [1.82, 2.24) is 9.55 Å². The van der Waals surface area contributed by atoms with E-state index in [2.05, 4.69) is 46.3 Å². The van der Waals surface area contributed by atoms with E-state index in [1.807, 2.05) is 6.07 Å². The molecule has 116 valence electrons. The first-order chi connectivity index (χ1) is 9.97. The number of fused-ring (bicyclic) bond motifs is 1. The highest BCUT2D eigenvalue weighted by molar-refractivity contribution is 9.10. The molecule has 0 aliphatic heterocycles. The fourth-order valence-electron chi connectivity index (χ4n) is 2.75. The first kappa shape index (κ1) is 16.8. The summed E-state index contributed by atoms with van der Waals surface area (Å²) in [4.78, 5) is 4.58. The van der Waals surface area contributed by atoms with E-state index >= 15 is 0 Å². The van der Waals surface area contributed by atoms with Crippen molar-refractivity contribution in [2.45, 2.75) is 46.1 Å². The third-order valence-corrected chi connectivity index (χ3v) is 4.80. The van der Waals surface area contributed by atoms with Crippen LogP contribution in [0.15, 0.2) is 16.6 Å². The molecule has 0 N–H and O–H groups in total. The molecule has 2 unspecified atom stereocenters. The van der Waals surface area contributed by atoms with Crippen LogP contribution in [0.1, 0.15) is 45.5 Å². The lowest BCUT2D eigenvalue weighted by atomic mass is 10.00. The molecule has 2 rings (SSSR count). The molecule has 1 aromatic carbocycles. The van der Waals surface area contributed by atoms with E-state index in [4.69, 9.17) is 11.6 Å². The average molecular weight is 376 g/mol. The lowest BCUT2D eigenvalue weighted by molar-refractivity contribution is 0.397. The second-order valence-electron chi connectivity index (χ2n) is 5.69. The second kappa shape index (κ2) is 7.10. The topological polar surface area (TPSA) is 17.8 Å². The van der Waals surface area contributed by atoms with E-state index in [1.165, 1.54) is 6.07 Å². The number of benzene rings is 1. The molecule has 0 saturated heterocycles. The lowest BCUT2D eigenvalue weighted by Crippen LogP contribution is -2.13. The highest BCUT2D eigenvalue weighted by atomic mass is 79.9. The summed E-state index contributed by atoms with van der Waals surface area (Å²) in [6, 6.07) is 3.63. The monoisotopic (exact) mass is 374 g/mol. The predicted molar refractivity (Wildman–Crippen MR) is 90.6 cm³/mol. The van der Waals surface area contributed by atoms with Crippen molar-refractivity contribution in [3.05, 3.63) is 28.2 Å². The molecular weight excluding hydrogens is 355 g/mol. The molecule has 0 amide bonds. The normalized spacial score (nSPS) is 14.6. The van der Waals surface area contributed by atoms with Crippen molar-refractivity contribution < 1.29 is 4.39 Å². The molecule has 5 heteroatoms. The maximum Gasteiger partial charge on any atom is 0.139 e. The number of imidazole rings is 1. The van der Waals surface area contributed by atoms with Gasteiger partial charge in [0.2, 0.25) is 0 Å². The van der Waals surface area contributed by atoms with Gasteiger partial charge in [-0.25, -0.2) is 9.37 Å². The third-order valence-electron chi connectivity index (χ3n) is 4.00. The van der Waals surface area contributed by atoms with Crippen LogP contribution in [-0.4, -0.2) is 15.4 Å². The van der Waals surface area contributed by atoms with Gasteiger partial charge < -0.3 is 4.57 Å². The smallest absolute Gasteiger partial charge is 0.139 e. The number of aromatic nitrogens is 2. The van der Waals surface area contributed by atoms with Gasteiger partial charge in [0.1, 0.15) is 11.6 Å². The molecule has 21 heavy (non-hydrogen) atoms. The van der Waals surface area contributed by atoms with E-state index in [-0.39, 0.29) is 5.82 Å². The maximum absolute atomic E-state index is 13.7. The molecule has 0 fully saturated rings. The summed E-state index contributed by atoms with van der Waals surface area (Å²) >= 11 is 9.17. The molecule has 0 spiro atoms. The van der Waals surface area contributed by atoms with Crippen molar-refractivity contribution in [3.63, 3.8) is 0 Å². The van der Waals surface area contributed by atoms with Gasteiger partial charge in [-0.3, -0.25) is 0 Å². The van der Waals surface area contributed by atoms with Gasteiger partial charge in [-0.15, -0.1) is 11.6 Å².